The Morgan fingerprint density at radius 3 is 2.83 bits per heavy atom. The van der Waals surface area contributed by atoms with Crippen molar-refractivity contribution in [2.75, 3.05) is 13.1 Å². The fourth-order valence-corrected chi connectivity index (χ4v) is 1.92. The van der Waals surface area contributed by atoms with Crippen LogP contribution in [0.4, 0.5) is 4.39 Å². The Bertz CT molecular complexity index is 399. The summed E-state index contributed by atoms with van der Waals surface area (Å²) in [5.74, 6) is -0.199. The molecule has 0 atom stereocenters. The van der Waals surface area contributed by atoms with Crippen molar-refractivity contribution in [1.29, 1.82) is 0 Å². The third kappa shape index (κ3) is 5.60. The Labute approximate surface area is 115 Å². The lowest BCUT2D eigenvalue weighted by atomic mass is 10.1. The molecule has 0 spiro atoms. The molecule has 0 unspecified atom stereocenters. The van der Waals surface area contributed by atoms with Gasteiger partial charge in [-0.15, -0.1) is 0 Å². The van der Waals surface area contributed by atoms with E-state index in [2.05, 4.69) is 21.2 Å². The third-order valence-corrected chi connectivity index (χ3v) is 3.06. The van der Waals surface area contributed by atoms with Gasteiger partial charge in [0, 0.05) is 17.4 Å². The van der Waals surface area contributed by atoms with Gasteiger partial charge in [-0.3, -0.25) is 4.79 Å². The van der Waals surface area contributed by atoms with Crippen molar-refractivity contribution in [3.8, 4) is 0 Å². The number of nitrogens with one attached hydrogen (secondary N) is 1. The Kier molecular flexibility index (Phi) is 6.90. The topological polar surface area (TPSA) is 55.1 Å². The molecule has 3 nitrogen and oxygen atoms in total. The molecule has 0 saturated carbocycles. The van der Waals surface area contributed by atoms with Gasteiger partial charge >= 0.3 is 0 Å². The highest BCUT2D eigenvalue weighted by atomic mass is 79.9. The molecule has 3 N–H and O–H groups in total. The first kappa shape index (κ1) is 15.1. The number of halogens is 2. The summed E-state index contributed by atoms with van der Waals surface area (Å²) < 4.78 is 14.2. The highest BCUT2D eigenvalue weighted by Gasteiger charge is 2.03. The molecule has 0 aromatic heterocycles. The molecular formula is C13H18BrFN2O. The van der Waals surface area contributed by atoms with Gasteiger partial charge in [-0.25, -0.2) is 4.39 Å². The molecule has 100 valence electrons. The quantitative estimate of drug-likeness (QED) is 0.759. The molecule has 1 amide bonds. The zero-order valence-electron chi connectivity index (χ0n) is 10.2. The maximum Gasteiger partial charge on any atom is 0.220 e. The Hall–Kier alpha value is -0.940. The maximum atomic E-state index is 13.5. The molecule has 18 heavy (non-hydrogen) atoms. The predicted octanol–water partition coefficient (Wildman–Crippen LogP) is 2.38. The fraction of sp³-hybridized carbons (Fsp3) is 0.462. The molecule has 0 saturated heterocycles. The van der Waals surface area contributed by atoms with Crippen LogP contribution in [0, 0.1) is 5.82 Å². The number of hydrogen-bond donors (Lipinski definition) is 2. The summed E-state index contributed by atoms with van der Waals surface area (Å²) in [6.07, 6.45) is 2.51. The van der Waals surface area contributed by atoms with E-state index < -0.39 is 0 Å². The number of carbonyl (C=O) groups is 1. The molecule has 0 bridgehead atoms. The van der Waals surface area contributed by atoms with E-state index >= 15 is 0 Å². The molecule has 0 aliphatic heterocycles. The molecule has 0 radical (unpaired) electrons. The van der Waals surface area contributed by atoms with Crippen LogP contribution in [0.1, 0.15) is 24.8 Å². The molecule has 0 fully saturated rings. The number of nitrogens with two attached hydrogens (primary N) is 1. The lowest BCUT2D eigenvalue weighted by Gasteiger charge is -2.06. The molecule has 0 heterocycles. The van der Waals surface area contributed by atoms with Crippen molar-refractivity contribution < 1.29 is 9.18 Å². The van der Waals surface area contributed by atoms with Crippen LogP contribution in [0.15, 0.2) is 22.7 Å². The zero-order valence-corrected chi connectivity index (χ0v) is 11.8. The maximum absolute atomic E-state index is 13.5. The highest BCUT2D eigenvalue weighted by molar-refractivity contribution is 9.10. The number of amides is 1. The standard InChI is InChI=1S/C13H18BrFN2O/c14-11-6-5-10(12(15)9-11)3-2-8-17-13(18)4-1-7-16/h5-6,9H,1-4,7-8,16H2,(H,17,18). The van der Waals surface area contributed by atoms with Crippen molar-refractivity contribution in [1.82, 2.24) is 5.32 Å². The third-order valence-electron chi connectivity index (χ3n) is 2.57. The fourth-order valence-electron chi connectivity index (χ4n) is 1.58. The second-order valence-corrected chi connectivity index (χ2v) is 5.00. The van der Waals surface area contributed by atoms with Crippen LogP contribution in [0.3, 0.4) is 0 Å². The van der Waals surface area contributed by atoms with Crippen LogP contribution in [-0.2, 0) is 11.2 Å². The summed E-state index contributed by atoms with van der Waals surface area (Å²) in [5.41, 5.74) is 5.99. The summed E-state index contributed by atoms with van der Waals surface area (Å²) in [6.45, 7) is 1.09. The van der Waals surface area contributed by atoms with Gasteiger partial charge in [0.15, 0.2) is 0 Å². The van der Waals surface area contributed by atoms with E-state index in [1.807, 2.05) is 6.07 Å². The monoisotopic (exact) mass is 316 g/mol. The normalized spacial score (nSPS) is 10.4. The van der Waals surface area contributed by atoms with Crippen LogP contribution in [0.2, 0.25) is 0 Å². The minimum atomic E-state index is -0.209. The van der Waals surface area contributed by atoms with Gasteiger partial charge in [0.05, 0.1) is 0 Å². The first-order valence-corrected chi connectivity index (χ1v) is 6.83. The summed E-state index contributed by atoms with van der Waals surface area (Å²) >= 11 is 3.21. The van der Waals surface area contributed by atoms with Gasteiger partial charge in [-0.1, -0.05) is 22.0 Å². The van der Waals surface area contributed by atoms with Crippen molar-refractivity contribution in [3.05, 3.63) is 34.1 Å². The minimum absolute atomic E-state index is 0.0109. The second-order valence-electron chi connectivity index (χ2n) is 4.08. The van der Waals surface area contributed by atoms with Crippen LogP contribution >= 0.6 is 15.9 Å². The Balaban J connectivity index is 2.23. The summed E-state index contributed by atoms with van der Waals surface area (Å²) in [7, 11) is 0. The minimum Gasteiger partial charge on any atom is -0.356 e. The second kappa shape index (κ2) is 8.21. The van der Waals surface area contributed by atoms with Crippen LogP contribution in [0.5, 0.6) is 0 Å². The van der Waals surface area contributed by atoms with E-state index in [0.717, 1.165) is 10.9 Å². The van der Waals surface area contributed by atoms with Crippen molar-refractivity contribution in [3.63, 3.8) is 0 Å². The molecule has 0 aliphatic carbocycles. The predicted molar refractivity (Wildman–Crippen MR) is 73.7 cm³/mol. The van der Waals surface area contributed by atoms with Gasteiger partial charge in [0.2, 0.25) is 5.91 Å². The molecule has 1 aromatic carbocycles. The number of hydrogen-bond acceptors (Lipinski definition) is 2. The molecule has 5 heteroatoms. The highest BCUT2D eigenvalue weighted by Crippen LogP contribution is 2.16. The van der Waals surface area contributed by atoms with Crippen LogP contribution < -0.4 is 11.1 Å². The van der Waals surface area contributed by atoms with E-state index in [1.165, 1.54) is 6.07 Å². The number of carbonyl (C=O) groups excluding carboxylic acids is 1. The van der Waals surface area contributed by atoms with Crippen molar-refractivity contribution >= 4 is 21.8 Å². The number of aryl methyl sites for hydroxylation is 1. The average molecular weight is 317 g/mol. The van der Waals surface area contributed by atoms with E-state index in [-0.39, 0.29) is 11.7 Å². The Morgan fingerprint density at radius 2 is 2.17 bits per heavy atom. The van der Waals surface area contributed by atoms with Crippen molar-refractivity contribution in [2.45, 2.75) is 25.7 Å². The largest absolute Gasteiger partial charge is 0.356 e. The van der Waals surface area contributed by atoms with E-state index in [9.17, 15) is 9.18 Å². The first-order chi connectivity index (χ1) is 8.63. The van der Waals surface area contributed by atoms with Gasteiger partial charge < -0.3 is 11.1 Å². The number of benzene rings is 1. The zero-order chi connectivity index (χ0) is 13.4. The summed E-state index contributed by atoms with van der Waals surface area (Å²) in [4.78, 5) is 11.3. The van der Waals surface area contributed by atoms with E-state index in [0.29, 0.717) is 37.9 Å². The van der Waals surface area contributed by atoms with Crippen molar-refractivity contribution in [2.24, 2.45) is 5.73 Å². The smallest absolute Gasteiger partial charge is 0.220 e. The van der Waals surface area contributed by atoms with Gasteiger partial charge in [0.25, 0.3) is 0 Å². The lowest BCUT2D eigenvalue weighted by molar-refractivity contribution is -0.121. The van der Waals surface area contributed by atoms with Crippen LogP contribution in [0.25, 0.3) is 0 Å². The molecule has 0 aliphatic rings. The van der Waals surface area contributed by atoms with Gasteiger partial charge in [-0.05, 0) is 43.5 Å². The van der Waals surface area contributed by atoms with E-state index in [4.69, 9.17) is 5.73 Å². The summed E-state index contributed by atoms with van der Waals surface area (Å²) in [6, 6.07) is 5.03. The number of rotatable bonds is 7. The molecule has 1 aromatic rings. The van der Waals surface area contributed by atoms with Gasteiger partial charge in [-0.2, -0.15) is 0 Å². The van der Waals surface area contributed by atoms with Crippen LogP contribution in [-0.4, -0.2) is 19.0 Å². The lowest BCUT2D eigenvalue weighted by Crippen LogP contribution is -2.25. The molecular weight excluding hydrogens is 299 g/mol. The van der Waals surface area contributed by atoms with Gasteiger partial charge in [0.1, 0.15) is 5.82 Å². The average Bonchev–Trinajstić information content (AvgIpc) is 2.34. The summed E-state index contributed by atoms with van der Waals surface area (Å²) in [5, 5.41) is 2.79. The first-order valence-electron chi connectivity index (χ1n) is 6.04. The van der Waals surface area contributed by atoms with E-state index in [1.54, 1.807) is 6.07 Å². The molecule has 1 rings (SSSR count). The Morgan fingerprint density at radius 1 is 1.39 bits per heavy atom. The SMILES string of the molecule is NCCCC(=O)NCCCc1ccc(Br)cc1F.